The molecule has 6 nitrogen and oxygen atoms in total. The number of amides is 1. The Kier molecular flexibility index (Phi) is 5.06. The first-order valence-electron chi connectivity index (χ1n) is 9.46. The third kappa shape index (κ3) is 3.55. The largest absolute Gasteiger partial charge is 0.480 e. The Morgan fingerprint density at radius 2 is 1.40 bits per heavy atom. The average molecular weight is 401 g/mol. The molecule has 0 saturated heterocycles. The van der Waals surface area contributed by atoms with Crippen LogP contribution in [0.5, 0.6) is 5.75 Å². The lowest BCUT2D eigenvalue weighted by Gasteiger charge is -2.23. The summed E-state index contributed by atoms with van der Waals surface area (Å²) in [6.07, 6.45) is 0. The quantitative estimate of drug-likeness (QED) is 0.503. The molecule has 1 aliphatic rings. The van der Waals surface area contributed by atoms with E-state index in [9.17, 15) is 19.5 Å². The molecule has 0 aromatic heterocycles. The molecule has 0 saturated carbocycles. The molecule has 0 radical (unpaired) electrons. The number of carbonyl (C=O) groups is 3. The molecule has 4 rings (SSSR count). The lowest BCUT2D eigenvalue weighted by atomic mass is 9.89. The van der Waals surface area contributed by atoms with Gasteiger partial charge >= 0.3 is 11.9 Å². The fourth-order valence-electron chi connectivity index (χ4n) is 3.91. The second-order valence-electron chi connectivity index (χ2n) is 7.06. The monoisotopic (exact) mass is 401 g/mol. The van der Waals surface area contributed by atoms with E-state index in [-0.39, 0.29) is 5.56 Å². The van der Waals surface area contributed by atoms with Crippen LogP contribution < -0.4 is 10.1 Å². The fourth-order valence-corrected chi connectivity index (χ4v) is 3.91. The minimum absolute atomic E-state index is 0.275. The number of aliphatic carboxylic acids is 1. The molecule has 1 aliphatic carbocycles. The second-order valence-corrected chi connectivity index (χ2v) is 7.06. The van der Waals surface area contributed by atoms with E-state index in [1.165, 1.54) is 31.2 Å². The van der Waals surface area contributed by atoms with Gasteiger partial charge in [0.25, 0.3) is 5.91 Å². The summed E-state index contributed by atoms with van der Waals surface area (Å²) in [7, 11) is 0. The van der Waals surface area contributed by atoms with E-state index in [0.29, 0.717) is 5.75 Å². The van der Waals surface area contributed by atoms with Crippen molar-refractivity contribution in [2.24, 2.45) is 0 Å². The van der Waals surface area contributed by atoms with Gasteiger partial charge in [-0.25, -0.2) is 4.79 Å². The number of hydrogen-bond donors (Lipinski definition) is 2. The van der Waals surface area contributed by atoms with Crippen LogP contribution in [-0.4, -0.2) is 29.0 Å². The zero-order chi connectivity index (χ0) is 21.3. The van der Waals surface area contributed by atoms with E-state index in [4.69, 9.17) is 4.74 Å². The van der Waals surface area contributed by atoms with Crippen molar-refractivity contribution in [1.82, 2.24) is 5.32 Å². The predicted molar refractivity (Wildman–Crippen MR) is 110 cm³/mol. The van der Waals surface area contributed by atoms with E-state index in [2.05, 4.69) is 5.32 Å². The number of ether oxygens (including phenoxy) is 1. The van der Waals surface area contributed by atoms with E-state index in [1.807, 2.05) is 48.5 Å². The SMILES string of the molecule is CC(=O)Oc1ccc(C(=O)N[C@@H](C(=O)O)C2c3ccccc3-c3ccccc32)cc1. The highest BCUT2D eigenvalue weighted by molar-refractivity contribution is 5.97. The van der Waals surface area contributed by atoms with Crippen LogP contribution in [0, 0.1) is 0 Å². The van der Waals surface area contributed by atoms with Gasteiger partial charge in [-0.15, -0.1) is 0 Å². The summed E-state index contributed by atoms with van der Waals surface area (Å²) in [4.78, 5) is 36.0. The topological polar surface area (TPSA) is 92.7 Å². The summed E-state index contributed by atoms with van der Waals surface area (Å²) in [5, 5.41) is 12.6. The Labute approximate surface area is 173 Å². The van der Waals surface area contributed by atoms with Crippen molar-refractivity contribution in [2.75, 3.05) is 0 Å². The van der Waals surface area contributed by atoms with E-state index in [1.54, 1.807) is 0 Å². The standard InChI is InChI=1S/C24H19NO5/c1-14(26)30-16-12-10-15(11-13-16)23(27)25-22(24(28)29)21-19-8-4-2-6-17(19)18-7-3-5-9-20(18)21/h2-13,21-22H,1H3,(H,25,27)(H,28,29)/t22-/m1/s1. The van der Waals surface area contributed by atoms with E-state index < -0.39 is 29.8 Å². The highest BCUT2D eigenvalue weighted by Crippen LogP contribution is 2.46. The first kappa shape index (κ1) is 19.4. The number of benzene rings is 3. The molecular weight excluding hydrogens is 382 g/mol. The molecule has 30 heavy (non-hydrogen) atoms. The smallest absolute Gasteiger partial charge is 0.327 e. The van der Waals surface area contributed by atoms with Crippen LogP contribution in [0.15, 0.2) is 72.8 Å². The molecule has 0 heterocycles. The van der Waals surface area contributed by atoms with Gasteiger partial charge in [-0.1, -0.05) is 48.5 Å². The minimum Gasteiger partial charge on any atom is -0.480 e. The molecule has 0 spiro atoms. The maximum Gasteiger partial charge on any atom is 0.327 e. The first-order chi connectivity index (χ1) is 14.5. The van der Waals surface area contributed by atoms with Gasteiger partial charge < -0.3 is 15.2 Å². The van der Waals surface area contributed by atoms with E-state index >= 15 is 0 Å². The van der Waals surface area contributed by atoms with Crippen LogP contribution in [0.1, 0.15) is 34.3 Å². The maximum absolute atomic E-state index is 12.8. The maximum atomic E-state index is 12.8. The van der Waals surface area contributed by atoms with Crippen molar-refractivity contribution in [1.29, 1.82) is 0 Å². The Bertz CT molecular complexity index is 1090. The van der Waals surface area contributed by atoms with Crippen molar-refractivity contribution < 1.29 is 24.2 Å². The summed E-state index contributed by atoms with van der Waals surface area (Å²) in [6.45, 7) is 1.29. The first-order valence-corrected chi connectivity index (χ1v) is 9.46. The summed E-state index contributed by atoms with van der Waals surface area (Å²) in [5.41, 5.74) is 3.97. The van der Waals surface area contributed by atoms with Crippen molar-refractivity contribution >= 4 is 17.8 Å². The molecule has 0 bridgehead atoms. The number of carbonyl (C=O) groups excluding carboxylic acids is 2. The normalized spacial score (nSPS) is 13.1. The molecule has 6 heteroatoms. The number of rotatable bonds is 5. The van der Waals surface area contributed by atoms with Gasteiger partial charge in [0.2, 0.25) is 0 Å². The Morgan fingerprint density at radius 3 is 1.90 bits per heavy atom. The van der Waals surface area contributed by atoms with Crippen LogP contribution in [-0.2, 0) is 9.59 Å². The van der Waals surface area contributed by atoms with Gasteiger partial charge in [0.15, 0.2) is 0 Å². The minimum atomic E-state index is -1.14. The summed E-state index contributed by atoms with van der Waals surface area (Å²) >= 11 is 0. The van der Waals surface area contributed by atoms with Gasteiger partial charge in [-0.3, -0.25) is 9.59 Å². The molecule has 0 aliphatic heterocycles. The lowest BCUT2D eigenvalue weighted by molar-refractivity contribution is -0.139. The average Bonchev–Trinajstić information content (AvgIpc) is 3.06. The zero-order valence-corrected chi connectivity index (χ0v) is 16.2. The van der Waals surface area contributed by atoms with Crippen molar-refractivity contribution in [3.05, 3.63) is 89.5 Å². The van der Waals surface area contributed by atoms with Crippen molar-refractivity contribution in [3.8, 4) is 16.9 Å². The van der Waals surface area contributed by atoms with Gasteiger partial charge in [0.05, 0.1) is 0 Å². The number of carboxylic acids is 1. The molecule has 0 unspecified atom stereocenters. The fraction of sp³-hybridized carbons (Fsp3) is 0.125. The van der Waals surface area contributed by atoms with Crippen LogP contribution >= 0.6 is 0 Å². The highest BCUT2D eigenvalue weighted by Gasteiger charge is 2.38. The lowest BCUT2D eigenvalue weighted by Crippen LogP contribution is -2.44. The number of fused-ring (bicyclic) bond motifs is 3. The van der Waals surface area contributed by atoms with Gasteiger partial charge in [0, 0.05) is 18.4 Å². The van der Waals surface area contributed by atoms with Crippen LogP contribution in [0.3, 0.4) is 0 Å². The van der Waals surface area contributed by atoms with Crippen LogP contribution in [0.2, 0.25) is 0 Å². The highest BCUT2D eigenvalue weighted by atomic mass is 16.5. The Hall–Kier alpha value is -3.93. The number of carboxylic acid groups (broad SMARTS) is 1. The third-order valence-electron chi connectivity index (χ3n) is 5.15. The number of hydrogen-bond acceptors (Lipinski definition) is 4. The summed E-state index contributed by atoms with van der Waals surface area (Å²) in [5.74, 6) is -2.28. The van der Waals surface area contributed by atoms with Gasteiger partial charge in [-0.05, 0) is 46.5 Å². The number of esters is 1. The number of nitrogens with one attached hydrogen (secondary N) is 1. The third-order valence-corrected chi connectivity index (χ3v) is 5.15. The molecule has 0 fully saturated rings. The molecule has 150 valence electrons. The summed E-state index contributed by atoms with van der Waals surface area (Å²) < 4.78 is 4.96. The molecule has 1 amide bonds. The van der Waals surface area contributed by atoms with E-state index in [0.717, 1.165) is 22.3 Å². The van der Waals surface area contributed by atoms with Crippen molar-refractivity contribution in [2.45, 2.75) is 18.9 Å². The Balaban J connectivity index is 1.64. The summed E-state index contributed by atoms with van der Waals surface area (Å²) in [6, 6.07) is 20.1. The molecular formula is C24H19NO5. The molecule has 2 N–H and O–H groups in total. The second kappa shape index (κ2) is 7.83. The molecule has 1 atom stereocenters. The Morgan fingerprint density at radius 1 is 0.867 bits per heavy atom. The van der Waals surface area contributed by atoms with Crippen LogP contribution in [0.25, 0.3) is 11.1 Å². The predicted octanol–water partition coefficient (Wildman–Crippen LogP) is 3.61. The molecule has 3 aromatic carbocycles. The molecule has 3 aromatic rings. The van der Waals surface area contributed by atoms with Crippen molar-refractivity contribution in [3.63, 3.8) is 0 Å². The van der Waals surface area contributed by atoms with Gasteiger partial charge in [0.1, 0.15) is 11.8 Å². The van der Waals surface area contributed by atoms with Gasteiger partial charge in [-0.2, -0.15) is 0 Å². The zero-order valence-electron chi connectivity index (χ0n) is 16.2. The van der Waals surface area contributed by atoms with Crippen LogP contribution in [0.4, 0.5) is 0 Å².